The third-order valence-electron chi connectivity index (χ3n) is 3.96. The largest absolute Gasteiger partial charge is 0.339 e. The SMILES string of the molecule is CC1CCCCN1C(=O)CSc1nnc(Nc2ccccc2F)s1. The molecule has 0 saturated carbocycles. The molecule has 8 heteroatoms. The third kappa shape index (κ3) is 4.24. The zero-order valence-corrected chi connectivity index (χ0v) is 15.0. The average molecular weight is 366 g/mol. The van der Waals surface area contributed by atoms with Crippen molar-refractivity contribution in [1.29, 1.82) is 0 Å². The molecule has 1 fully saturated rings. The summed E-state index contributed by atoms with van der Waals surface area (Å²) in [4.78, 5) is 14.3. The Morgan fingerprint density at radius 2 is 2.25 bits per heavy atom. The van der Waals surface area contributed by atoms with Gasteiger partial charge in [0, 0.05) is 12.6 Å². The van der Waals surface area contributed by atoms with Crippen LogP contribution in [0, 0.1) is 5.82 Å². The molecular weight excluding hydrogens is 347 g/mol. The molecule has 2 aromatic rings. The van der Waals surface area contributed by atoms with Crippen molar-refractivity contribution in [1.82, 2.24) is 15.1 Å². The summed E-state index contributed by atoms with van der Waals surface area (Å²) in [6.45, 7) is 2.94. The lowest BCUT2D eigenvalue weighted by Crippen LogP contribution is -2.42. The summed E-state index contributed by atoms with van der Waals surface area (Å²) in [7, 11) is 0. The molecule has 0 spiro atoms. The molecule has 24 heavy (non-hydrogen) atoms. The van der Waals surface area contributed by atoms with Crippen LogP contribution in [0.4, 0.5) is 15.2 Å². The van der Waals surface area contributed by atoms with Gasteiger partial charge in [0.2, 0.25) is 11.0 Å². The van der Waals surface area contributed by atoms with Gasteiger partial charge in [-0.15, -0.1) is 10.2 Å². The monoisotopic (exact) mass is 366 g/mol. The molecule has 1 N–H and O–H groups in total. The summed E-state index contributed by atoms with van der Waals surface area (Å²) in [6.07, 6.45) is 3.35. The molecule has 0 bridgehead atoms. The molecule has 1 aliphatic rings. The summed E-state index contributed by atoms with van der Waals surface area (Å²) in [6, 6.07) is 6.73. The van der Waals surface area contributed by atoms with Crippen molar-refractivity contribution < 1.29 is 9.18 Å². The number of hydrogen-bond acceptors (Lipinski definition) is 6. The molecule has 1 aromatic carbocycles. The fourth-order valence-corrected chi connectivity index (χ4v) is 4.32. The van der Waals surface area contributed by atoms with Crippen LogP contribution in [0.25, 0.3) is 0 Å². The Morgan fingerprint density at radius 1 is 1.42 bits per heavy atom. The van der Waals surface area contributed by atoms with Crippen molar-refractivity contribution in [2.45, 2.75) is 36.6 Å². The first kappa shape index (κ1) is 17.2. The molecule has 1 atom stereocenters. The maximum atomic E-state index is 13.6. The van der Waals surface area contributed by atoms with E-state index in [4.69, 9.17) is 0 Å². The highest BCUT2D eigenvalue weighted by Crippen LogP contribution is 2.29. The smallest absolute Gasteiger partial charge is 0.233 e. The zero-order valence-electron chi connectivity index (χ0n) is 13.4. The number of carbonyl (C=O) groups excluding carboxylic acids is 1. The number of piperidine rings is 1. The maximum Gasteiger partial charge on any atom is 0.233 e. The maximum absolute atomic E-state index is 13.6. The number of nitrogens with one attached hydrogen (secondary N) is 1. The van der Waals surface area contributed by atoms with E-state index in [0.717, 1.165) is 19.4 Å². The Kier molecular flexibility index (Phi) is 5.68. The highest BCUT2D eigenvalue weighted by Gasteiger charge is 2.23. The number of rotatable bonds is 5. The van der Waals surface area contributed by atoms with E-state index in [1.165, 1.54) is 35.6 Å². The van der Waals surface area contributed by atoms with Crippen molar-refractivity contribution in [2.24, 2.45) is 0 Å². The van der Waals surface area contributed by atoms with Crippen LogP contribution in [0.2, 0.25) is 0 Å². The Hall–Kier alpha value is -1.67. The van der Waals surface area contributed by atoms with Crippen molar-refractivity contribution in [3.8, 4) is 0 Å². The lowest BCUT2D eigenvalue weighted by atomic mass is 10.0. The Bertz CT molecular complexity index is 709. The van der Waals surface area contributed by atoms with Gasteiger partial charge in [0.25, 0.3) is 0 Å². The number of hydrogen-bond donors (Lipinski definition) is 1. The number of thioether (sulfide) groups is 1. The lowest BCUT2D eigenvalue weighted by Gasteiger charge is -2.33. The quantitative estimate of drug-likeness (QED) is 0.813. The molecule has 1 aliphatic heterocycles. The first-order valence-electron chi connectivity index (χ1n) is 7.91. The average Bonchev–Trinajstić information content (AvgIpc) is 3.03. The van der Waals surface area contributed by atoms with Crippen LogP contribution in [0.3, 0.4) is 0 Å². The number of aromatic nitrogens is 2. The molecule has 5 nitrogen and oxygen atoms in total. The molecule has 2 heterocycles. The van der Waals surface area contributed by atoms with Gasteiger partial charge in [-0.25, -0.2) is 4.39 Å². The number of benzene rings is 1. The predicted octanol–water partition coefficient (Wildman–Crippen LogP) is 3.91. The number of halogens is 1. The number of amides is 1. The van der Waals surface area contributed by atoms with E-state index in [1.807, 2.05) is 4.90 Å². The molecule has 1 saturated heterocycles. The summed E-state index contributed by atoms with van der Waals surface area (Å²) in [5.41, 5.74) is 0.364. The molecule has 128 valence electrons. The van der Waals surface area contributed by atoms with Crippen molar-refractivity contribution >= 4 is 39.8 Å². The molecule has 3 rings (SSSR count). The minimum absolute atomic E-state index is 0.144. The van der Waals surface area contributed by atoms with Crippen LogP contribution < -0.4 is 5.32 Å². The molecule has 1 unspecified atom stereocenters. The lowest BCUT2D eigenvalue weighted by molar-refractivity contribution is -0.131. The summed E-state index contributed by atoms with van der Waals surface area (Å²) in [5.74, 6) is 0.167. The molecule has 1 amide bonds. The first-order valence-corrected chi connectivity index (χ1v) is 9.71. The van der Waals surface area contributed by atoms with E-state index < -0.39 is 0 Å². The molecule has 0 radical (unpaired) electrons. The molecular formula is C16H19FN4OS2. The van der Waals surface area contributed by atoms with Gasteiger partial charge >= 0.3 is 0 Å². The number of nitrogens with zero attached hydrogens (tertiary/aromatic N) is 3. The standard InChI is InChI=1S/C16H19FN4OS2/c1-11-6-4-5-9-21(11)14(22)10-23-16-20-19-15(24-16)18-13-8-3-2-7-12(13)17/h2-3,7-8,11H,4-6,9-10H2,1H3,(H,18,19). The van der Waals surface area contributed by atoms with Crippen LogP contribution in [0.1, 0.15) is 26.2 Å². The Labute approximate surface area is 148 Å². The van der Waals surface area contributed by atoms with E-state index in [0.29, 0.717) is 27.0 Å². The number of para-hydroxylation sites is 1. The zero-order chi connectivity index (χ0) is 16.9. The fourth-order valence-electron chi connectivity index (χ4n) is 2.67. The third-order valence-corrected chi connectivity index (χ3v) is 5.92. The second-order valence-corrected chi connectivity index (χ2v) is 7.90. The summed E-state index contributed by atoms with van der Waals surface area (Å²) in [5, 5.41) is 11.5. The summed E-state index contributed by atoms with van der Waals surface area (Å²) >= 11 is 2.70. The Balaban J connectivity index is 1.54. The van der Waals surface area contributed by atoms with Crippen LogP contribution in [0.15, 0.2) is 28.6 Å². The normalized spacial score (nSPS) is 17.8. The number of likely N-dealkylation sites (tertiary alicyclic amines) is 1. The predicted molar refractivity (Wildman–Crippen MR) is 95.3 cm³/mol. The minimum atomic E-state index is -0.337. The second-order valence-electron chi connectivity index (χ2n) is 5.70. The summed E-state index contributed by atoms with van der Waals surface area (Å²) < 4.78 is 14.3. The van der Waals surface area contributed by atoms with Gasteiger partial charge < -0.3 is 10.2 Å². The van der Waals surface area contributed by atoms with E-state index in [1.54, 1.807) is 18.2 Å². The van der Waals surface area contributed by atoms with Crippen molar-refractivity contribution in [3.05, 3.63) is 30.1 Å². The highest BCUT2D eigenvalue weighted by atomic mass is 32.2. The van der Waals surface area contributed by atoms with E-state index in [9.17, 15) is 9.18 Å². The van der Waals surface area contributed by atoms with E-state index in [-0.39, 0.29) is 11.7 Å². The van der Waals surface area contributed by atoms with Crippen LogP contribution in [-0.2, 0) is 4.79 Å². The van der Waals surface area contributed by atoms with Gasteiger partial charge in [0.05, 0.1) is 11.4 Å². The van der Waals surface area contributed by atoms with Crippen molar-refractivity contribution in [3.63, 3.8) is 0 Å². The highest BCUT2D eigenvalue weighted by molar-refractivity contribution is 8.01. The van der Waals surface area contributed by atoms with Gasteiger partial charge in [-0.05, 0) is 38.3 Å². The fraction of sp³-hybridized carbons (Fsp3) is 0.438. The minimum Gasteiger partial charge on any atom is -0.339 e. The van der Waals surface area contributed by atoms with Gasteiger partial charge in [-0.1, -0.05) is 35.2 Å². The van der Waals surface area contributed by atoms with Crippen LogP contribution >= 0.6 is 23.1 Å². The van der Waals surface area contributed by atoms with Gasteiger partial charge in [-0.2, -0.15) is 0 Å². The van der Waals surface area contributed by atoms with Gasteiger partial charge in [0.1, 0.15) is 5.82 Å². The van der Waals surface area contributed by atoms with Gasteiger partial charge in [0.15, 0.2) is 4.34 Å². The number of anilines is 2. The van der Waals surface area contributed by atoms with Gasteiger partial charge in [-0.3, -0.25) is 4.79 Å². The van der Waals surface area contributed by atoms with Crippen molar-refractivity contribution in [2.75, 3.05) is 17.6 Å². The van der Waals surface area contributed by atoms with E-state index in [2.05, 4.69) is 22.4 Å². The molecule has 0 aliphatic carbocycles. The second kappa shape index (κ2) is 7.94. The topological polar surface area (TPSA) is 58.1 Å². The van der Waals surface area contributed by atoms with Crippen LogP contribution in [0.5, 0.6) is 0 Å². The number of carbonyl (C=O) groups is 1. The Morgan fingerprint density at radius 3 is 3.04 bits per heavy atom. The molecule has 1 aromatic heterocycles. The van der Waals surface area contributed by atoms with Crippen LogP contribution in [-0.4, -0.2) is 39.3 Å². The van der Waals surface area contributed by atoms with E-state index >= 15 is 0 Å². The first-order chi connectivity index (χ1) is 11.6.